The zero-order valence-electron chi connectivity index (χ0n) is 15.3. The van der Waals surface area contributed by atoms with E-state index in [0.717, 1.165) is 48.8 Å². The Balaban J connectivity index is 1.71. The lowest BCUT2D eigenvalue weighted by Gasteiger charge is -2.35. The highest BCUT2D eigenvalue weighted by Gasteiger charge is 2.24. The highest BCUT2D eigenvalue weighted by Crippen LogP contribution is 2.27. The summed E-state index contributed by atoms with van der Waals surface area (Å²) in [5.41, 5.74) is 1.12. The van der Waals surface area contributed by atoms with Crippen LogP contribution in [0.15, 0.2) is 35.3 Å². The molecule has 1 saturated heterocycles. The van der Waals surface area contributed by atoms with E-state index in [1.54, 1.807) is 6.92 Å². The topological polar surface area (TPSA) is 56.4 Å². The van der Waals surface area contributed by atoms with Crippen molar-refractivity contribution in [3.05, 3.63) is 46.4 Å². The Morgan fingerprint density at radius 2 is 1.92 bits per heavy atom. The molecule has 1 amide bonds. The third-order valence-electron chi connectivity index (χ3n) is 5.56. The van der Waals surface area contributed by atoms with Gasteiger partial charge < -0.3 is 9.88 Å². The molecule has 5 heteroatoms. The largest absolute Gasteiger partial charge is 0.343 e. The van der Waals surface area contributed by atoms with E-state index in [9.17, 15) is 9.59 Å². The van der Waals surface area contributed by atoms with Gasteiger partial charge in [0.15, 0.2) is 0 Å². The van der Waals surface area contributed by atoms with Crippen molar-refractivity contribution >= 4 is 16.7 Å². The van der Waals surface area contributed by atoms with Crippen molar-refractivity contribution in [1.82, 2.24) is 14.8 Å². The van der Waals surface area contributed by atoms with Gasteiger partial charge in [-0.05, 0) is 49.7 Å². The lowest BCUT2D eigenvalue weighted by molar-refractivity contribution is -0.130. The second kappa shape index (κ2) is 7.40. The molecule has 0 radical (unpaired) electrons. The van der Waals surface area contributed by atoms with E-state index in [1.165, 1.54) is 0 Å². The fourth-order valence-corrected chi connectivity index (χ4v) is 3.81. The number of aromatic nitrogens is 1. The molecule has 5 nitrogen and oxygen atoms in total. The number of carbonyl (C=O) groups excluding carboxylic acids is 1. The molecule has 1 aromatic carbocycles. The molecule has 1 fully saturated rings. The summed E-state index contributed by atoms with van der Waals surface area (Å²) in [7, 11) is 2.14. The molecule has 0 aliphatic carbocycles. The van der Waals surface area contributed by atoms with E-state index in [4.69, 9.17) is 0 Å². The number of benzene rings is 1. The predicted octanol–water partition coefficient (Wildman–Crippen LogP) is 2.78. The molecule has 25 heavy (non-hydrogen) atoms. The minimum atomic E-state index is -0.0363. The fourth-order valence-electron chi connectivity index (χ4n) is 3.81. The smallest absolute Gasteiger partial charge is 0.255 e. The maximum Gasteiger partial charge on any atom is 0.255 e. The molecule has 1 aliphatic heterocycles. The number of aromatic amines is 1. The molecule has 1 atom stereocenters. The number of rotatable bonds is 4. The SMILES string of the molecule is CC(=O)N1CCC(CN(C)C(C)c2c[nH]c(=O)c3ccccc23)CC1. The molecule has 134 valence electrons. The van der Waals surface area contributed by atoms with Crippen molar-refractivity contribution in [2.45, 2.75) is 32.7 Å². The number of hydrogen-bond donors (Lipinski definition) is 1. The molecule has 0 bridgehead atoms. The number of carbonyl (C=O) groups is 1. The van der Waals surface area contributed by atoms with Gasteiger partial charge >= 0.3 is 0 Å². The zero-order chi connectivity index (χ0) is 18.0. The van der Waals surface area contributed by atoms with Gasteiger partial charge in [-0.15, -0.1) is 0 Å². The van der Waals surface area contributed by atoms with Gasteiger partial charge in [-0.25, -0.2) is 0 Å². The Kier molecular flexibility index (Phi) is 5.23. The lowest BCUT2D eigenvalue weighted by atomic mass is 9.94. The van der Waals surface area contributed by atoms with Crippen LogP contribution in [-0.2, 0) is 4.79 Å². The predicted molar refractivity (Wildman–Crippen MR) is 101 cm³/mol. The Morgan fingerprint density at radius 3 is 2.56 bits per heavy atom. The van der Waals surface area contributed by atoms with Crippen LogP contribution < -0.4 is 5.56 Å². The molecule has 1 N–H and O–H groups in total. The van der Waals surface area contributed by atoms with Gasteiger partial charge in [0.1, 0.15) is 0 Å². The van der Waals surface area contributed by atoms with Crippen molar-refractivity contribution in [3.63, 3.8) is 0 Å². The standard InChI is InChI=1S/C20H27N3O2/c1-14(19-12-21-20(25)18-7-5-4-6-17(18)19)22(3)13-16-8-10-23(11-9-16)15(2)24/h4-7,12,14,16H,8-11,13H2,1-3H3,(H,21,25). The Hall–Kier alpha value is -2.14. The van der Waals surface area contributed by atoms with Gasteiger partial charge in [-0.2, -0.15) is 0 Å². The van der Waals surface area contributed by atoms with Gasteiger partial charge in [0.05, 0.1) is 0 Å². The number of fused-ring (bicyclic) bond motifs is 1. The lowest BCUT2D eigenvalue weighted by Crippen LogP contribution is -2.40. The molecule has 0 saturated carbocycles. The summed E-state index contributed by atoms with van der Waals surface area (Å²) < 4.78 is 0. The molecular weight excluding hydrogens is 314 g/mol. The van der Waals surface area contributed by atoms with E-state index in [1.807, 2.05) is 35.4 Å². The molecule has 1 aliphatic rings. The first-order valence-electron chi connectivity index (χ1n) is 9.03. The maximum absolute atomic E-state index is 12.0. The van der Waals surface area contributed by atoms with Crippen LogP contribution in [0.5, 0.6) is 0 Å². The highest BCUT2D eigenvalue weighted by molar-refractivity contribution is 5.84. The van der Waals surface area contributed by atoms with Crippen LogP contribution >= 0.6 is 0 Å². The first kappa shape index (κ1) is 17.7. The maximum atomic E-state index is 12.0. The number of likely N-dealkylation sites (tertiary alicyclic amines) is 1. The normalized spacial score (nSPS) is 17.2. The summed E-state index contributed by atoms with van der Waals surface area (Å²) >= 11 is 0. The van der Waals surface area contributed by atoms with E-state index in [-0.39, 0.29) is 17.5 Å². The van der Waals surface area contributed by atoms with Crippen molar-refractivity contribution in [1.29, 1.82) is 0 Å². The van der Waals surface area contributed by atoms with Gasteiger partial charge in [-0.3, -0.25) is 14.5 Å². The van der Waals surface area contributed by atoms with Crippen molar-refractivity contribution in [3.8, 4) is 0 Å². The number of nitrogens with one attached hydrogen (secondary N) is 1. The molecule has 0 spiro atoms. The van der Waals surface area contributed by atoms with Crippen molar-refractivity contribution in [2.24, 2.45) is 5.92 Å². The number of hydrogen-bond acceptors (Lipinski definition) is 3. The third-order valence-corrected chi connectivity index (χ3v) is 5.56. The van der Waals surface area contributed by atoms with E-state index in [0.29, 0.717) is 5.92 Å². The van der Waals surface area contributed by atoms with Crippen LogP contribution in [0.3, 0.4) is 0 Å². The summed E-state index contributed by atoms with van der Waals surface area (Å²) in [5.74, 6) is 0.789. The number of H-pyrrole nitrogens is 1. The summed E-state index contributed by atoms with van der Waals surface area (Å²) in [6.45, 7) is 6.56. The van der Waals surface area contributed by atoms with Crippen molar-refractivity contribution in [2.75, 3.05) is 26.7 Å². The number of pyridine rings is 1. The molecule has 2 aromatic rings. The van der Waals surface area contributed by atoms with Gasteiger partial charge in [-0.1, -0.05) is 18.2 Å². The first-order chi connectivity index (χ1) is 12.0. The van der Waals surface area contributed by atoms with Crippen LogP contribution in [0.25, 0.3) is 10.8 Å². The fraction of sp³-hybridized carbons (Fsp3) is 0.500. The quantitative estimate of drug-likeness (QED) is 0.930. The minimum absolute atomic E-state index is 0.0363. The summed E-state index contributed by atoms with van der Waals surface area (Å²) in [4.78, 5) is 30.7. The van der Waals surface area contributed by atoms with Gasteiger partial charge in [0, 0.05) is 44.2 Å². The highest BCUT2D eigenvalue weighted by atomic mass is 16.2. The zero-order valence-corrected chi connectivity index (χ0v) is 15.3. The van der Waals surface area contributed by atoms with Crippen LogP contribution in [0.1, 0.15) is 38.3 Å². The molecule has 1 unspecified atom stereocenters. The number of nitrogens with zero attached hydrogens (tertiary/aromatic N) is 2. The monoisotopic (exact) mass is 341 g/mol. The molecule has 1 aromatic heterocycles. The average Bonchev–Trinajstić information content (AvgIpc) is 2.62. The number of piperidine rings is 1. The summed E-state index contributed by atoms with van der Waals surface area (Å²) in [6.07, 6.45) is 3.97. The van der Waals surface area contributed by atoms with E-state index < -0.39 is 0 Å². The first-order valence-corrected chi connectivity index (χ1v) is 9.03. The van der Waals surface area contributed by atoms with Gasteiger partial charge in [0.25, 0.3) is 5.56 Å². The van der Waals surface area contributed by atoms with Crippen LogP contribution in [0.4, 0.5) is 0 Å². The van der Waals surface area contributed by atoms with E-state index in [2.05, 4.69) is 23.9 Å². The summed E-state index contributed by atoms with van der Waals surface area (Å²) in [5, 5.41) is 1.77. The summed E-state index contributed by atoms with van der Waals surface area (Å²) in [6, 6.07) is 8.00. The van der Waals surface area contributed by atoms with Crippen LogP contribution in [0, 0.1) is 5.92 Å². The minimum Gasteiger partial charge on any atom is -0.343 e. The van der Waals surface area contributed by atoms with Crippen LogP contribution in [0.2, 0.25) is 0 Å². The second-order valence-electron chi connectivity index (χ2n) is 7.18. The molecule has 3 rings (SSSR count). The Bertz CT molecular complexity index is 806. The number of amides is 1. The van der Waals surface area contributed by atoms with Gasteiger partial charge in [0.2, 0.25) is 5.91 Å². The molecule has 2 heterocycles. The van der Waals surface area contributed by atoms with E-state index >= 15 is 0 Å². The third kappa shape index (κ3) is 3.76. The molecular formula is C20H27N3O2. The second-order valence-corrected chi connectivity index (χ2v) is 7.18. The van der Waals surface area contributed by atoms with Crippen molar-refractivity contribution < 1.29 is 4.79 Å². The average molecular weight is 341 g/mol. The Labute approximate surface area is 148 Å². The van der Waals surface area contributed by atoms with Crippen LogP contribution in [-0.4, -0.2) is 47.4 Å². The Morgan fingerprint density at radius 1 is 1.28 bits per heavy atom.